The molecule has 0 saturated carbocycles. The van der Waals surface area contributed by atoms with Crippen molar-refractivity contribution in [2.45, 2.75) is 19.4 Å². The third kappa shape index (κ3) is 4.11. The van der Waals surface area contributed by atoms with Crippen molar-refractivity contribution in [2.24, 2.45) is 11.7 Å². The normalized spacial score (nSPS) is 19.5. The number of nitrogens with two attached hydrogens (primary N) is 1. The molecule has 0 unspecified atom stereocenters. The highest BCUT2D eigenvalue weighted by atomic mass is 16.5. The molecule has 144 valence electrons. The van der Waals surface area contributed by atoms with E-state index in [0.29, 0.717) is 35.2 Å². The Balaban J connectivity index is 1.83. The van der Waals surface area contributed by atoms with Gasteiger partial charge in [-0.05, 0) is 36.6 Å². The van der Waals surface area contributed by atoms with Crippen molar-refractivity contribution in [1.82, 2.24) is 14.7 Å². The van der Waals surface area contributed by atoms with Gasteiger partial charge in [-0.3, -0.25) is 14.3 Å². The van der Waals surface area contributed by atoms with Gasteiger partial charge in [0.25, 0.3) is 11.8 Å². The lowest BCUT2D eigenvalue weighted by molar-refractivity contribution is 0.0238. The minimum absolute atomic E-state index is 0.0625. The highest BCUT2D eigenvalue weighted by Gasteiger charge is 2.26. The molecule has 0 aliphatic carbocycles. The highest BCUT2D eigenvalue weighted by Crippen LogP contribution is 2.28. The van der Waals surface area contributed by atoms with Crippen LogP contribution < -0.4 is 11.1 Å². The Hall–Kier alpha value is -2.87. The third-order valence-corrected chi connectivity index (χ3v) is 4.80. The largest absolute Gasteiger partial charge is 0.379 e. The van der Waals surface area contributed by atoms with Crippen LogP contribution in [0.3, 0.4) is 0 Å². The number of nitrogens with zero attached hydrogens (tertiary/aromatic N) is 3. The van der Waals surface area contributed by atoms with Gasteiger partial charge in [-0.1, -0.05) is 6.92 Å². The molecule has 1 aromatic heterocycles. The quantitative estimate of drug-likeness (QED) is 0.837. The number of nitrogens with one attached hydrogen (secondary N) is 1. The van der Waals surface area contributed by atoms with Crippen LogP contribution >= 0.6 is 0 Å². The van der Waals surface area contributed by atoms with Gasteiger partial charge in [-0.2, -0.15) is 5.10 Å². The number of anilines is 2. The zero-order valence-corrected chi connectivity index (χ0v) is 15.8. The molecule has 0 spiro atoms. The van der Waals surface area contributed by atoms with Crippen molar-refractivity contribution in [2.75, 3.05) is 32.6 Å². The molecule has 3 rings (SSSR count). The molecule has 1 saturated heterocycles. The molecule has 1 aliphatic heterocycles. The number of primary amides is 1. The number of aromatic nitrogens is 2. The van der Waals surface area contributed by atoms with E-state index >= 15 is 0 Å². The molecule has 8 nitrogen and oxygen atoms in total. The van der Waals surface area contributed by atoms with E-state index in [2.05, 4.69) is 17.3 Å². The van der Waals surface area contributed by atoms with E-state index in [9.17, 15) is 9.59 Å². The van der Waals surface area contributed by atoms with Crippen LogP contribution in [0.1, 0.15) is 40.1 Å². The van der Waals surface area contributed by atoms with Crippen molar-refractivity contribution in [3.63, 3.8) is 0 Å². The third-order valence-electron chi connectivity index (χ3n) is 4.80. The van der Waals surface area contributed by atoms with Gasteiger partial charge in [0.2, 0.25) is 0 Å². The van der Waals surface area contributed by atoms with Crippen LogP contribution in [0.4, 0.5) is 11.5 Å². The van der Waals surface area contributed by atoms with Gasteiger partial charge >= 0.3 is 0 Å². The van der Waals surface area contributed by atoms with Crippen LogP contribution in [-0.4, -0.2) is 53.8 Å². The van der Waals surface area contributed by atoms with Crippen LogP contribution in [0.25, 0.3) is 0 Å². The summed E-state index contributed by atoms with van der Waals surface area (Å²) in [6, 6.07) is 7.05. The molecule has 0 bridgehead atoms. The number of rotatable bonds is 5. The maximum atomic E-state index is 12.0. The second kappa shape index (κ2) is 7.79. The monoisotopic (exact) mass is 371 g/mol. The molecule has 8 heteroatoms. The molecule has 27 heavy (non-hydrogen) atoms. The first-order chi connectivity index (χ1) is 12.9. The van der Waals surface area contributed by atoms with E-state index in [4.69, 9.17) is 10.5 Å². The standard InChI is InChI=1S/C19H25N5O3/c1-12-8-9-27-11-16(12)24-10-15(17(20)25)18(22-24)21-14-6-4-13(5-7-14)19(26)23(2)3/h4-7,10,12,16H,8-9,11H2,1-3H3,(H2,20,25)(H,21,22)/t12-,16-/m0/s1. The van der Waals surface area contributed by atoms with E-state index in [1.54, 1.807) is 49.2 Å². The average molecular weight is 371 g/mol. The number of benzene rings is 1. The molecular formula is C19H25N5O3. The number of carbonyl (C=O) groups excluding carboxylic acids is 2. The Morgan fingerprint density at radius 3 is 2.59 bits per heavy atom. The second-order valence-electron chi connectivity index (χ2n) is 7.05. The number of hydrogen-bond acceptors (Lipinski definition) is 5. The van der Waals surface area contributed by atoms with Gasteiger partial charge in [0.05, 0.1) is 12.6 Å². The minimum atomic E-state index is -0.549. The van der Waals surface area contributed by atoms with Crippen LogP contribution in [-0.2, 0) is 4.74 Å². The lowest BCUT2D eigenvalue weighted by Gasteiger charge is -2.28. The van der Waals surface area contributed by atoms with Gasteiger partial charge in [-0.15, -0.1) is 0 Å². The summed E-state index contributed by atoms with van der Waals surface area (Å²) >= 11 is 0. The molecule has 1 fully saturated rings. The molecule has 3 N–H and O–H groups in total. The summed E-state index contributed by atoms with van der Waals surface area (Å²) in [5, 5.41) is 7.66. The maximum absolute atomic E-state index is 12.0. The van der Waals surface area contributed by atoms with Gasteiger partial charge in [0.1, 0.15) is 5.56 Å². The summed E-state index contributed by atoms with van der Waals surface area (Å²) < 4.78 is 7.32. The predicted molar refractivity (Wildman–Crippen MR) is 102 cm³/mol. The van der Waals surface area contributed by atoms with E-state index in [0.717, 1.165) is 13.0 Å². The summed E-state index contributed by atoms with van der Waals surface area (Å²) in [5.41, 5.74) is 7.15. The smallest absolute Gasteiger partial charge is 0.254 e. The molecule has 2 aromatic rings. The average Bonchev–Trinajstić information content (AvgIpc) is 3.06. The Morgan fingerprint density at radius 2 is 2.00 bits per heavy atom. The second-order valence-corrected chi connectivity index (χ2v) is 7.05. The fraction of sp³-hybridized carbons (Fsp3) is 0.421. The van der Waals surface area contributed by atoms with Gasteiger partial charge in [-0.25, -0.2) is 0 Å². The van der Waals surface area contributed by atoms with Gasteiger partial charge < -0.3 is 20.7 Å². The first-order valence-corrected chi connectivity index (χ1v) is 8.92. The SMILES string of the molecule is C[C@H]1CCOC[C@@H]1n1cc(C(N)=O)c(Nc2ccc(C(=O)N(C)C)cc2)n1. The van der Waals surface area contributed by atoms with Crippen molar-refractivity contribution in [1.29, 1.82) is 0 Å². The fourth-order valence-corrected chi connectivity index (χ4v) is 3.09. The predicted octanol–water partition coefficient (Wildman–Crippen LogP) is 2.02. The molecule has 1 aliphatic rings. The van der Waals surface area contributed by atoms with Crippen molar-refractivity contribution in [3.05, 3.63) is 41.6 Å². The summed E-state index contributed by atoms with van der Waals surface area (Å²) in [7, 11) is 3.41. The zero-order valence-electron chi connectivity index (χ0n) is 15.8. The highest BCUT2D eigenvalue weighted by molar-refractivity contribution is 5.98. The lowest BCUT2D eigenvalue weighted by Crippen LogP contribution is -2.28. The van der Waals surface area contributed by atoms with E-state index in [1.165, 1.54) is 4.90 Å². The number of hydrogen-bond donors (Lipinski definition) is 2. The van der Waals surface area contributed by atoms with Crippen molar-refractivity contribution in [3.8, 4) is 0 Å². The number of ether oxygens (including phenoxy) is 1. The summed E-state index contributed by atoms with van der Waals surface area (Å²) in [5.74, 6) is 0.165. The molecule has 2 amide bonds. The lowest BCUT2D eigenvalue weighted by atomic mass is 9.97. The van der Waals surface area contributed by atoms with Crippen LogP contribution in [0.5, 0.6) is 0 Å². The molecule has 2 atom stereocenters. The Morgan fingerprint density at radius 1 is 1.30 bits per heavy atom. The first-order valence-electron chi connectivity index (χ1n) is 8.92. The zero-order chi connectivity index (χ0) is 19.6. The first kappa shape index (κ1) is 18.9. The maximum Gasteiger partial charge on any atom is 0.254 e. The van der Waals surface area contributed by atoms with Gasteiger partial charge in [0, 0.05) is 38.1 Å². The Kier molecular flexibility index (Phi) is 5.46. The minimum Gasteiger partial charge on any atom is -0.379 e. The molecule has 2 heterocycles. The number of amides is 2. The van der Waals surface area contributed by atoms with Crippen molar-refractivity contribution >= 4 is 23.3 Å². The number of carbonyl (C=O) groups is 2. The summed E-state index contributed by atoms with van der Waals surface area (Å²) in [4.78, 5) is 25.4. The Labute approximate surface area is 158 Å². The van der Waals surface area contributed by atoms with E-state index < -0.39 is 5.91 Å². The molecule has 0 radical (unpaired) electrons. The van der Waals surface area contributed by atoms with Crippen LogP contribution in [0.15, 0.2) is 30.5 Å². The van der Waals surface area contributed by atoms with Crippen LogP contribution in [0, 0.1) is 5.92 Å². The summed E-state index contributed by atoms with van der Waals surface area (Å²) in [6.07, 6.45) is 2.62. The Bertz CT molecular complexity index is 828. The van der Waals surface area contributed by atoms with Crippen LogP contribution in [0.2, 0.25) is 0 Å². The van der Waals surface area contributed by atoms with Gasteiger partial charge in [0.15, 0.2) is 5.82 Å². The molecular weight excluding hydrogens is 346 g/mol. The van der Waals surface area contributed by atoms with E-state index in [1.807, 2.05) is 0 Å². The topological polar surface area (TPSA) is 102 Å². The van der Waals surface area contributed by atoms with E-state index in [-0.39, 0.29) is 11.9 Å². The summed E-state index contributed by atoms with van der Waals surface area (Å²) in [6.45, 7) is 3.44. The van der Waals surface area contributed by atoms with Crippen molar-refractivity contribution < 1.29 is 14.3 Å². The fourth-order valence-electron chi connectivity index (χ4n) is 3.09. The molecule has 1 aromatic carbocycles.